The Morgan fingerprint density at radius 2 is 2.09 bits per heavy atom. The zero-order valence-corrected chi connectivity index (χ0v) is 6.89. The lowest BCUT2D eigenvalue weighted by atomic mass is 10.3. The maximum absolute atomic E-state index is 4.05. The standard InChI is InChI=1S/C8H13N3/c1-3-11-8-4-7(9-2)5-10-6-8/h4-6,9,11H,3H2,1-2H3. The third-order valence-corrected chi connectivity index (χ3v) is 1.41. The molecule has 1 rings (SSSR count). The second-order valence-electron chi connectivity index (χ2n) is 2.24. The molecule has 0 aliphatic carbocycles. The zero-order valence-electron chi connectivity index (χ0n) is 6.89. The summed E-state index contributed by atoms with van der Waals surface area (Å²) in [4.78, 5) is 4.05. The van der Waals surface area contributed by atoms with Crippen molar-refractivity contribution in [3.05, 3.63) is 18.5 Å². The summed E-state index contributed by atoms with van der Waals surface area (Å²) < 4.78 is 0. The summed E-state index contributed by atoms with van der Waals surface area (Å²) in [5.74, 6) is 0. The van der Waals surface area contributed by atoms with Gasteiger partial charge in [0.2, 0.25) is 0 Å². The van der Waals surface area contributed by atoms with Gasteiger partial charge in [-0.05, 0) is 13.0 Å². The molecule has 0 saturated heterocycles. The maximum Gasteiger partial charge on any atom is 0.0547 e. The third-order valence-electron chi connectivity index (χ3n) is 1.41. The highest BCUT2D eigenvalue weighted by Crippen LogP contribution is 2.11. The van der Waals surface area contributed by atoms with Crippen LogP contribution in [-0.4, -0.2) is 18.6 Å². The van der Waals surface area contributed by atoms with Crippen molar-refractivity contribution in [3.63, 3.8) is 0 Å². The number of anilines is 2. The van der Waals surface area contributed by atoms with Crippen molar-refractivity contribution >= 4 is 11.4 Å². The number of nitrogens with one attached hydrogen (secondary N) is 2. The Balaban J connectivity index is 2.74. The van der Waals surface area contributed by atoms with E-state index in [1.807, 2.05) is 19.3 Å². The van der Waals surface area contributed by atoms with E-state index in [1.165, 1.54) is 0 Å². The Labute approximate surface area is 66.8 Å². The molecule has 0 saturated carbocycles. The van der Waals surface area contributed by atoms with Gasteiger partial charge < -0.3 is 10.6 Å². The smallest absolute Gasteiger partial charge is 0.0547 e. The van der Waals surface area contributed by atoms with Crippen molar-refractivity contribution in [2.45, 2.75) is 6.92 Å². The first kappa shape index (κ1) is 7.85. The van der Waals surface area contributed by atoms with E-state index in [-0.39, 0.29) is 0 Å². The van der Waals surface area contributed by atoms with Crippen molar-refractivity contribution in [2.75, 3.05) is 24.2 Å². The normalized spacial score (nSPS) is 9.27. The topological polar surface area (TPSA) is 37.0 Å². The summed E-state index contributed by atoms with van der Waals surface area (Å²) >= 11 is 0. The fourth-order valence-corrected chi connectivity index (χ4v) is 0.877. The van der Waals surface area contributed by atoms with Crippen LogP contribution in [-0.2, 0) is 0 Å². The molecular weight excluding hydrogens is 138 g/mol. The maximum atomic E-state index is 4.05. The largest absolute Gasteiger partial charge is 0.387 e. The van der Waals surface area contributed by atoms with E-state index in [1.54, 1.807) is 6.20 Å². The van der Waals surface area contributed by atoms with Crippen molar-refractivity contribution in [2.24, 2.45) is 0 Å². The number of rotatable bonds is 3. The van der Waals surface area contributed by atoms with Crippen molar-refractivity contribution < 1.29 is 0 Å². The van der Waals surface area contributed by atoms with E-state index < -0.39 is 0 Å². The van der Waals surface area contributed by atoms with Gasteiger partial charge in [0.15, 0.2) is 0 Å². The molecule has 0 radical (unpaired) electrons. The molecule has 0 amide bonds. The molecule has 0 aliphatic rings. The van der Waals surface area contributed by atoms with E-state index in [4.69, 9.17) is 0 Å². The quantitative estimate of drug-likeness (QED) is 0.688. The molecule has 1 heterocycles. The lowest BCUT2D eigenvalue weighted by Gasteiger charge is -2.04. The van der Waals surface area contributed by atoms with Crippen LogP contribution in [0.2, 0.25) is 0 Å². The van der Waals surface area contributed by atoms with Crippen LogP contribution in [0.15, 0.2) is 18.5 Å². The van der Waals surface area contributed by atoms with Gasteiger partial charge in [0.1, 0.15) is 0 Å². The Hall–Kier alpha value is -1.25. The number of hydrogen-bond donors (Lipinski definition) is 2. The van der Waals surface area contributed by atoms with Gasteiger partial charge in [-0.3, -0.25) is 4.98 Å². The minimum atomic E-state index is 0.925. The summed E-state index contributed by atoms with van der Waals surface area (Å²) in [6.07, 6.45) is 3.60. The number of aromatic nitrogens is 1. The van der Waals surface area contributed by atoms with Crippen LogP contribution in [0.5, 0.6) is 0 Å². The monoisotopic (exact) mass is 151 g/mol. The zero-order chi connectivity index (χ0) is 8.10. The van der Waals surface area contributed by atoms with Crippen LogP contribution in [0.3, 0.4) is 0 Å². The van der Waals surface area contributed by atoms with E-state index in [0.717, 1.165) is 17.9 Å². The Bertz CT molecular complexity index is 222. The summed E-state index contributed by atoms with van der Waals surface area (Å²) in [5, 5.41) is 6.20. The lowest BCUT2D eigenvalue weighted by Crippen LogP contribution is -1.98. The molecule has 11 heavy (non-hydrogen) atoms. The summed E-state index contributed by atoms with van der Waals surface area (Å²) in [6.45, 7) is 2.99. The number of pyridine rings is 1. The molecule has 0 bridgehead atoms. The van der Waals surface area contributed by atoms with E-state index in [2.05, 4.69) is 22.5 Å². The molecule has 0 spiro atoms. The first-order valence-electron chi connectivity index (χ1n) is 3.73. The van der Waals surface area contributed by atoms with E-state index >= 15 is 0 Å². The summed E-state index contributed by atoms with van der Waals surface area (Å²) in [5.41, 5.74) is 2.09. The molecule has 0 unspecified atom stereocenters. The summed E-state index contributed by atoms with van der Waals surface area (Å²) in [7, 11) is 1.88. The number of nitrogens with zero attached hydrogens (tertiary/aromatic N) is 1. The lowest BCUT2D eigenvalue weighted by molar-refractivity contribution is 1.19. The van der Waals surface area contributed by atoms with Gasteiger partial charge in [-0.2, -0.15) is 0 Å². The van der Waals surface area contributed by atoms with Gasteiger partial charge >= 0.3 is 0 Å². The predicted molar refractivity (Wildman–Crippen MR) is 47.9 cm³/mol. The molecule has 0 aliphatic heterocycles. The second-order valence-corrected chi connectivity index (χ2v) is 2.24. The van der Waals surface area contributed by atoms with Gasteiger partial charge in [-0.25, -0.2) is 0 Å². The minimum absolute atomic E-state index is 0.925. The second kappa shape index (κ2) is 3.81. The minimum Gasteiger partial charge on any atom is -0.387 e. The molecule has 1 aromatic rings. The molecule has 0 atom stereocenters. The van der Waals surface area contributed by atoms with Crippen molar-refractivity contribution in [1.29, 1.82) is 0 Å². The van der Waals surface area contributed by atoms with Gasteiger partial charge in [0.05, 0.1) is 23.8 Å². The molecular formula is C8H13N3. The molecule has 60 valence electrons. The Morgan fingerprint density at radius 1 is 1.36 bits per heavy atom. The fourth-order valence-electron chi connectivity index (χ4n) is 0.877. The number of hydrogen-bond acceptors (Lipinski definition) is 3. The van der Waals surface area contributed by atoms with Crippen LogP contribution in [0, 0.1) is 0 Å². The Morgan fingerprint density at radius 3 is 2.73 bits per heavy atom. The van der Waals surface area contributed by atoms with Crippen LogP contribution in [0.1, 0.15) is 6.92 Å². The van der Waals surface area contributed by atoms with Crippen LogP contribution in [0.4, 0.5) is 11.4 Å². The van der Waals surface area contributed by atoms with E-state index in [9.17, 15) is 0 Å². The molecule has 0 fully saturated rings. The van der Waals surface area contributed by atoms with Gasteiger partial charge in [-0.1, -0.05) is 0 Å². The average Bonchev–Trinajstić information content (AvgIpc) is 2.06. The van der Waals surface area contributed by atoms with Crippen molar-refractivity contribution in [1.82, 2.24) is 4.98 Å². The highest BCUT2D eigenvalue weighted by molar-refractivity contribution is 5.53. The first-order valence-corrected chi connectivity index (χ1v) is 3.73. The highest BCUT2D eigenvalue weighted by Gasteiger charge is 1.91. The predicted octanol–water partition coefficient (Wildman–Crippen LogP) is 1.56. The van der Waals surface area contributed by atoms with Gasteiger partial charge in [0.25, 0.3) is 0 Å². The molecule has 3 nitrogen and oxygen atoms in total. The fraction of sp³-hybridized carbons (Fsp3) is 0.375. The summed E-state index contributed by atoms with van der Waals surface area (Å²) in [6, 6.07) is 2.02. The SMILES string of the molecule is CCNc1cncc(NC)c1. The highest BCUT2D eigenvalue weighted by atomic mass is 14.9. The van der Waals surface area contributed by atoms with Crippen LogP contribution < -0.4 is 10.6 Å². The van der Waals surface area contributed by atoms with Crippen LogP contribution >= 0.6 is 0 Å². The average molecular weight is 151 g/mol. The first-order chi connectivity index (χ1) is 5.36. The molecule has 0 aromatic carbocycles. The van der Waals surface area contributed by atoms with Crippen LogP contribution in [0.25, 0.3) is 0 Å². The van der Waals surface area contributed by atoms with Crippen molar-refractivity contribution in [3.8, 4) is 0 Å². The third kappa shape index (κ3) is 2.11. The molecule has 2 N–H and O–H groups in total. The van der Waals surface area contributed by atoms with E-state index in [0.29, 0.717) is 0 Å². The Kier molecular flexibility index (Phi) is 2.72. The molecule has 3 heteroatoms. The molecule has 1 aromatic heterocycles. The van der Waals surface area contributed by atoms with Gasteiger partial charge in [-0.15, -0.1) is 0 Å². The van der Waals surface area contributed by atoms with Gasteiger partial charge in [0, 0.05) is 13.6 Å².